The lowest BCUT2D eigenvalue weighted by Crippen LogP contribution is -2.26. The first kappa shape index (κ1) is 17.3. The number of rotatable bonds is 5. The zero-order valence-corrected chi connectivity index (χ0v) is 14.2. The van der Waals surface area contributed by atoms with Crippen molar-refractivity contribution in [1.82, 2.24) is 4.90 Å². The monoisotopic (exact) mass is 350 g/mol. The summed E-state index contributed by atoms with van der Waals surface area (Å²) in [5, 5.41) is 10.8. The summed E-state index contributed by atoms with van der Waals surface area (Å²) in [5.74, 6) is -0.279. The normalized spacial score (nSPS) is 10.4. The van der Waals surface area contributed by atoms with Gasteiger partial charge < -0.3 is 4.90 Å². The molecule has 0 heterocycles. The number of thioether (sulfide) groups is 1. The number of amides is 1. The first-order valence-corrected chi connectivity index (χ1v) is 8.35. The van der Waals surface area contributed by atoms with Crippen molar-refractivity contribution in [3.05, 3.63) is 68.7 Å². The molecular weight excluding hydrogens is 336 g/mol. The second-order valence-electron chi connectivity index (χ2n) is 4.93. The fourth-order valence-corrected chi connectivity index (χ4v) is 2.74. The molecule has 0 fully saturated rings. The lowest BCUT2D eigenvalue weighted by Gasteiger charge is -2.18. The number of benzene rings is 2. The van der Waals surface area contributed by atoms with Gasteiger partial charge in [0.1, 0.15) is 0 Å². The Kier molecular flexibility index (Phi) is 5.63. The highest BCUT2D eigenvalue weighted by Gasteiger charge is 2.18. The molecule has 5 nitrogen and oxygen atoms in total. The van der Waals surface area contributed by atoms with Gasteiger partial charge in [0.15, 0.2) is 0 Å². The third-order valence-corrected chi connectivity index (χ3v) is 4.38. The second-order valence-corrected chi connectivity index (χ2v) is 6.22. The van der Waals surface area contributed by atoms with Gasteiger partial charge in [-0.2, -0.15) is 0 Å². The molecule has 0 atom stereocenters. The van der Waals surface area contributed by atoms with Gasteiger partial charge in [-0.1, -0.05) is 23.7 Å². The first-order valence-electron chi connectivity index (χ1n) is 6.74. The van der Waals surface area contributed by atoms with E-state index in [1.165, 1.54) is 23.1 Å². The van der Waals surface area contributed by atoms with E-state index in [4.69, 9.17) is 11.6 Å². The quantitative estimate of drug-likeness (QED) is 0.459. The fraction of sp³-hybridized carbons (Fsp3) is 0.188. The molecule has 120 valence electrons. The van der Waals surface area contributed by atoms with Gasteiger partial charge in [-0.05, 0) is 30.0 Å². The topological polar surface area (TPSA) is 63.5 Å². The van der Waals surface area contributed by atoms with Crippen molar-refractivity contribution in [1.29, 1.82) is 0 Å². The van der Waals surface area contributed by atoms with Crippen LogP contribution in [0.2, 0.25) is 5.02 Å². The molecule has 0 saturated heterocycles. The van der Waals surface area contributed by atoms with Gasteiger partial charge in [-0.15, -0.1) is 11.8 Å². The van der Waals surface area contributed by atoms with Crippen molar-refractivity contribution < 1.29 is 9.72 Å². The van der Waals surface area contributed by atoms with E-state index in [1.54, 1.807) is 18.8 Å². The van der Waals surface area contributed by atoms with Gasteiger partial charge >= 0.3 is 0 Å². The first-order chi connectivity index (χ1) is 10.9. The van der Waals surface area contributed by atoms with Crippen LogP contribution in [0.3, 0.4) is 0 Å². The SMILES string of the molecule is CSc1ccc(CN(C)C(=O)c2ccc([N+](=O)[O-])cc2Cl)cc1. The van der Waals surface area contributed by atoms with Crippen LogP contribution in [0, 0.1) is 10.1 Å². The van der Waals surface area contributed by atoms with Gasteiger partial charge in [0.2, 0.25) is 0 Å². The Morgan fingerprint density at radius 3 is 2.43 bits per heavy atom. The average molecular weight is 351 g/mol. The number of halogens is 1. The van der Waals surface area contributed by atoms with Crippen molar-refractivity contribution in [2.75, 3.05) is 13.3 Å². The Labute approximate surface area is 143 Å². The molecule has 1 amide bonds. The predicted molar refractivity (Wildman–Crippen MR) is 92.1 cm³/mol. The van der Waals surface area contributed by atoms with E-state index in [-0.39, 0.29) is 22.2 Å². The number of hydrogen-bond donors (Lipinski definition) is 0. The minimum atomic E-state index is -0.544. The molecule has 2 rings (SSSR count). The maximum atomic E-state index is 12.4. The number of hydrogen-bond acceptors (Lipinski definition) is 4. The van der Waals surface area contributed by atoms with Crippen molar-refractivity contribution in [2.45, 2.75) is 11.4 Å². The molecule has 2 aromatic rings. The largest absolute Gasteiger partial charge is 0.337 e. The molecule has 2 aromatic carbocycles. The summed E-state index contributed by atoms with van der Waals surface area (Å²) in [6.45, 7) is 0.431. The van der Waals surface area contributed by atoms with Gasteiger partial charge in [-0.25, -0.2) is 0 Å². The lowest BCUT2D eigenvalue weighted by molar-refractivity contribution is -0.384. The van der Waals surface area contributed by atoms with Crippen LogP contribution in [-0.2, 0) is 6.54 Å². The zero-order chi connectivity index (χ0) is 17.0. The average Bonchev–Trinajstić information content (AvgIpc) is 2.54. The summed E-state index contributed by atoms with van der Waals surface area (Å²) in [6, 6.07) is 11.8. The Bertz CT molecular complexity index is 735. The van der Waals surface area contributed by atoms with Crippen LogP contribution in [0.1, 0.15) is 15.9 Å². The van der Waals surface area contributed by atoms with Gasteiger partial charge in [0.25, 0.3) is 11.6 Å². The highest BCUT2D eigenvalue weighted by molar-refractivity contribution is 7.98. The van der Waals surface area contributed by atoms with Crippen LogP contribution in [0.5, 0.6) is 0 Å². The van der Waals surface area contributed by atoms with Crippen LogP contribution in [0.4, 0.5) is 5.69 Å². The van der Waals surface area contributed by atoms with Crippen molar-refractivity contribution in [3.63, 3.8) is 0 Å². The Hall–Kier alpha value is -2.05. The molecule has 0 aliphatic heterocycles. The van der Waals surface area contributed by atoms with Crippen LogP contribution >= 0.6 is 23.4 Å². The van der Waals surface area contributed by atoms with E-state index in [2.05, 4.69) is 0 Å². The highest BCUT2D eigenvalue weighted by atomic mass is 35.5. The van der Waals surface area contributed by atoms with Gasteiger partial charge in [0.05, 0.1) is 15.5 Å². The number of nitro benzene ring substituents is 1. The highest BCUT2D eigenvalue weighted by Crippen LogP contribution is 2.24. The molecular formula is C16H15ClN2O3S. The van der Waals surface area contributed by atoms with Crippen LogP contribution < -0.4 is 0 Å². The van der Waals surface area contributed by atoms with E-state index in [0.717, 1.165) is 10.5 Å². The zero-order valence-electron chi connectivity index (χ0n) is 12.7. The summed E-state index contributed by atoms with van der Waals surface area (Å²) in [4.78, 5) is 25.3. The summed E-state index contributed by atoms with van der Waals surface area (Å²) >= 11 is 7.65. The number of carbonyl (C=O) groups excluding carboxylic acids is 1. The molecule has 23 heavy (non-hydrogen) atoms. The maximum Gasteiger partial charge on any atom is 0.270 e. The molecule has 7 heteroatoms. The Morgan fingerprint density at radius 2 is 1.91 bits per heavy atom. The van der Waals surface area contributed by atoms with E-state index >= 15 is 0 Å². The van der Waals surface area contributed by atoms with E-state index in [0.29, 0.717) is 6.54 Å². The third-order valence-electron chi connectivity index (χ3n) is 3.32. The van der Waals surface area contributed by atoms with Crippen molar-refractivity contribution in [3.8, 4) is 0 Å². The molecule has 0 aliphatic rings. The Morgan fingerprint density at radius 1 is 1.26 bits per heavy atom. The molecule has 0 saturated carbocycles. The summed E-state index contributed by atoms with van der Waals surface area (Å²) in [6.07, 6.45) is 2.00. The van der Waals surface area contributed by atoms with E-state index in [9.17, 15) is 14.9 Å². The van der Waals surface area contributed by atoms with Crippen LogP contribution in [0.25, 0.3) is 0 Å². The fourth-order valence-electron chi connectivity index (χ4n) is 2.07. The van der Waals surface area contributed by atoms with E-state index in [1.807, 2.05) is 30.5 Å². The summed E-state index contributed by atoms with van der Waals surface area (Å²) < 4.78 is 0. The maximum absolute atomic E-state index is 12.4. The van der Waals surface area contributed by atoms with Crippen LogP contribution in [0.15, 0.2) is 47.4 Å². The lowest BCUT2D eigenvalue weighted by atomic mass is 10.1. The molecule has 0 unspecified atom stereocenters. The van der Waals surface area contributed by atoms with Crippen molar-refractivity contribution in [2.24, 2.45) is 0 Å². The van der Waals surface area contributed by atoms with Crippen molar-refractivity contribution >= 4 is 35.0 Å². The van der Waals surface area contributed by atoms with Gasteiger partial charge in [0, 0.05) is 30.6 Å². The molecule has 0 aromatic heterocycles. The summed E-state index contributed by atoms with van der Waals surface area (Å²) in [5.41, 5.74) is 1.11. The minimum absolute atomic E-state index is 0.0776. The Balaban J connectivity index is 2.14. The number of non-ortho nitro benzene ring substituents is 1. The number of carbonyl (C=O) groups is 1. The molecule has 0 aliphatic carbocycles. The van der Waals surface area contributed by atoms with Gasteiger partial charge in [-0.3, -0.25) is 14.9 Å². The summed E-state index contributed by atoms with van der Waals surface area (Å²) in [7, 11) is 1.67. The molecule has 0 radical (unpaired) electrons. The standard InChI is InChI=1S/C16H15ClN2O3S/c1-18(10-11-3-6-13(23-2)7-4-11)16(20)14-8-5-12(19(21)22)9-15(14)17/h3-9H,10H2,1-2H3. The molecule has 0 N–H and O–H groups in total. The number of nitrogens with zero attached hydrogens (tertiary/aromatic N) is 2. The number of nitro groups is 1. The minimum Gasteiger partial charge on any atom is -0.337 e. The molecule has 0 bridgehead atoms. The second kappa shape index (κ2) is 7.48. The van der Waals surface area contributed by atoms with E-state index < -0.39 is 4.92 Å². The molecule has 0 spiro atoms. The van der Waals surface area contributed by atoms with Crippen LogP contribution in [-0.4, -0.2) is 29.0 Å². The smallest absolute Gasteiger partial charge is 0.270 e. The third kappa shape index (κ3) is 4.24. The predicted octanol–water partition coefficient (Wildman–Crippen LogP) is 4.24.